The van der Waals surface area contributed by atoms with Crippen LogP contribution in [0.1, 0.15) is 0 Å². The minimum atomic E-state index is -1.34. The SMILES string of the molecule is FC1(CNc2ncc3c(-c4cnc5nccnc5c4)ccn3n2)COC1. The van der Waals surface area contributed by atoms with Crippen molar-refractivity contribution in [1.82, 2.24) is 29.5 Å². The first-order valence-electron chi connectivity index (χ1n) is 8.12. The van der Waals surface area contributed by atoms with E-state index in [1.165, 1.54) is 0 Å². The Morgan fingerprint density at radius 3 is 2.88 bits per heavy atom. The first-order valence-corrected chi connectivity index (χ1v) is 8.12. The van der Waals surface area contributed by atoms with Gasteiger partial charge < -0.3 is 10.1 Å². The summed E-state index contributed by atoms with van der Waals surface area (Å²) in [6.45, 7) is 0.335. The van der Waals surface area contributed by atoms with Crippen molar-refractivity contribution in [3.05, 3.63) is 43.1 Å². The summed E-state index contributed by atoms with van der Waals surface area (Å²) in [5.74, 6) is 0.367. The number of alkyl halides is 1. The monoisotopic (exact) mass is 351 g/mol. The predicted octanol–water partition coefficient (Wildman–Crippen LogP) is 1.88. The Morgan fingerprint density at radius 1 is 1.15 bits per heavy atom. The third-order valence-electron chi connectivity index (χ3n) is 4.34. The lowest BCUT2D eigenvalue weighted by atomic mass is 10.1. The molecule has 26 heavy (non-hydrogen) atoms. The van der Waals surface area contributed by atoms with E-state index in [0.29, 0.717) is 11.6 Å². The van der Waals surface area contributed by atoms with Crippen molar-refractivity contribution in [1.29, 1.82) is 0 Å². The fraction of sp³-hybridized carbons (Fsp3) is 0.235. The van der Waals surface area contributed by atoms with Crippen LogP contribution in [0.5, 0.6) is 0 Å². The second-order valence-corrected chi connectivity index (χ2v) is 6.26. The summed E-state index contributed by atoms with van der Waals surface area (Å²) in [7, 11) is 0. The van der Waals surface area contributed by atoms with Crippen LogP contribution in [-0.4, -0.2) is 55.0 Å². The van der Waals surface area contributed by atoms with Gasteiger partial charge in [0.15, 0.2) is 11.3 Å². The normalized spacial score (nSPS) is 15.9. The molecule has 0 radical (unpaired) electrons. The van der Waals surface area contributed by atoms with Gasteiger partial charge in [0, 0.05) is 35.9 Å². The van der Waals surface area contributed by atoms with Crippen LogP contribution in [-0.2, 0) is 4.74 Å². The average molecular weight is 351 g/mol. The van der Waals surface area contributed by atoms with E-state index in [1.54, 1.807) is 29.3 Å². The summed E-state index contributed by atoms with van der Waals surface area (Å²) in [6, 6.07) is 3.86. The summed E-state index contributed by atoms with van der Waals surface area (Å²) in [5.41, 5.74) is 2.65. The molecule has 0 amide bonds. The largest absolute Gasteiger partial charge is 0.374 e. The fourth-order valence-corrected chi connectivity index (χ4v) is 2.89. The summed E-state index contributed by atoms with van der Waals surface area (Å²) in [4.78, 5) is 17.1. The molecule has 8 nitrogen and oxygen atoms in total. The standard InChI is InChI=1S/C17H14FN7O/c18-17(9-26-10-17)8-23-16-22-7-14-12(1-4-25(14)24-16)11-5-13-15(21-6-11)20-3-2-19-13/h1-7H,8-10H2,(H,23,24). The van der Waals surface area contributed by atoms with Crippen LogP contribution >= 0.6 is 0 Å². The van der Waals surface area contributed by atoms with Crippen molar-refractivity contribution >= 4 is 22.6 Å². The molecule has 9 heteroatoms. The summed E-state index contributed by atoms with van der Waals surface area (Å²) >= 11 is 0. The van der Waals surface area contributed by atoms with E-state index in [4.69, 9.17) is 4.74 Å². The van der Waals surface area contributed by atoms with Gasteiger partial charge in [-0.3, -0.25) is 4.98 Å². The van der Waals surface area contributed by atoms with Crippen LogP contribution in [0.15, 0.2) is 43.1 Å². The third kappa shape index (κ3) is 2.53. The van der Waals surface area contributed by atoms with Gasteiger partial charge in [-0.25, -0.2) is 23.9 Å². The smallest absolute Gasteiger partial charge is 0.241 e. The Balaban J connectivity index is 1.46. The van der Waals surface area contributed by atoms with Crippen LogP contribution in [0.2, 0.25) is 0 Å². The number of rotatable bonds is 4. The van der Waals surface area contributed by atoms with E-state index < -0.39 is 5.67 Å². The van der Waals surface area contributed by atoms with Crippen LogP contribution in [0.4, 0.5) is 10.3 Å². The lowest BCUT2D eigenvalue weighted by Gasteiger charge is -2.33. The average Bonchev–Trinajstić information content (AvgIpc) is 3.07. The highest BCUT2D eigenvalue weighted by atomic mass is 19.1. The highest BCUT2D eigenvalue weighted by Crippen LogP contribution is 2.26. The molecule has 0 atom stereocenters. The number of hydrogen-bond donors (Lipinski definition) is 1. The number of nitrogens with one attached hydrogen (secondary N) is 1. The first-order chi connectivity index (χ1) is 12.7. The van der Waals surface area contributed by atoms with Crippen molar-refractivity contribution in [2.75, 3.05) is 25.1 Å². The zero-order valence-electron chi connectivity index (χ0n) is 13.6. The van der Waals surface area contributed by atoms with Crippen LogP contribution in [0.3, 0.4) is 0 Å². The first kappa shape index (κ1) is 15.1. The molecule has 1 aliphatic rings. The minimum Gasteiger partial charge on any atom is -0.374 e. The van der Waals surface area contributed by atoms with E-state index in [0.717, 1.165) is 22.2 Å². The molecule has 1 N–H and O–H groups in total. The molecule has 5 heterocycles. The lowest BCUT2D eigenvalue weighted by molar-refractivity contribution is -0.121. The molecular formula is C17H14FN7O. The zero-order chi connectivity index (χ0) is 17.6. The Hall–Kier alpha value is -3.20. The van der Waals surface area contributed by atoms with Gasteiger partial charge in [-0.2, -0.15) is 0 Å². The van der Waals surface area contributed by atoms with Crippen molar-refractivity contribution in [3.8, 4) is 11.1 Å². The van der Waals surface area contributed by atoms with Crippen molar-refractivity contribution < 1.29 is 9.13 Å². The maximum Gasteiger partial charge on any atom is 0.241 e. The highest BCUT2D eigenvalue weighted by molar-refractivity contribution is 5.84. The molecule has 0 aliphatic carbocycles. The number of nitrogens with zero attached hydrogens (tertiary/aromatic N) is 6. The van der Waals surface area contributed by atoms with Gasteiger partial charge in [-0.1, -0.05) is 0 Å². The van der Waals surface area contributed by atoms with Gasteiger partial charge in [0.2, 0.25) is 5.95 Å². The van der Waals surface area contributed by atoms with Gasteiger partial charge >= 0.3 is 0 Å². The van der Waals surface area contributed by atoms with E-state index in [9.17, 15) is 4.39 Å². The maximum absolute atomic E-state index is 14.0. The second-order valence-electron chi connectivity index (χ2n) is 6.26. The number of fused-ring (bicyclic) bond motifs is 2. The van der Waals surface area contributed by atoms with Crippen molar-refractivity contribution in [3.63, 3.8) is 0 Å². The predicted molar refractivity (Wildman–Crippen MR) is 92.5 cm³/mol. The molecule has 0 unspecified atom stereocenters. The molecule has 1 aliphatic heterocycles. The summed E-state index contributed by atoms with van der Waals surface area (Å²) < 4.78 is 20.6. The van der Waals surface area contributed by atoms with Gasteiger partial charge in [0.1, 0.15) is 5.52 Å². The Bertz CT molecular complexity index is 1110. The molecule has 5 rings (SSSR count). The van der Waals surface area contributed by atoms with Gasteiger partial charge in [0.05, 0.1) is 31.5 Å². The number of pyridine rings is 1. The minimum absolute atomic E-state index is 0.105. The Morgan fingerprint density at radius 2 is 2.04 bits per heavy atom. The van der Waals surface area contributed by atoms with Crippen molar-refractivity contribution in [2.45, 2.75) is 5.67 Å². The quantitative estimate of drug-likeness (QED) is 0.600. The number of hydrogen-bond acceptors (Lipinski definition) is 7. The summed E-state index contributed by atoms with van der Waals surface area (Å²) in [6.07, 6.45) is 8.53. The van der Waals surface area contributed by atoms with Gasteiger partial charge in [-0.15, -0.1) is 5.10 Å². The molecular weight excluding hydrogens is 337 g/mol. The second kappa shape index (κ2) is 5.67. The number of anilines is 1. The molecule has 130 valence electrons. The van der Waals surface area contributed by atoms with Crippen LogP contribution in [0.25, 0.3) is 27.8 Å². The molecule has 0 saturated carbocycles. The zero-order valence-corrected chi connectivity index (χ0v) is 13.6. The third-order valence-corrected chi connectivity index (χ3v) is 4.34. The maximum atomic E-state index is 14.0. The molecule has 0 spiro atoms. The van der Waals surface area contributed by atoms with Gasteiger partial charge in [0.25, 0.3) is 0 Å². The van der Waals surface area contributed by atoms with Crippen LogP contribution in [0, 0.1) is 0 Å². The van der Waals surface area contributed by atoms with E-state index in [-0.39, 0.29) is 19.8 Å². The molecule has 4 aromatic heterocycles. The van der Waals surface area contributed by atoms with Crippen molar-refractivity contribution in [2.24, 2.45) is 0 Å². The van der Waals surface area contributed by atoms with E-state index in [2.05, 4.69) is 30.4 Å². The van der Waals surface area contributed by atoms with Crippen LogP contribution < -0.4 is 5.32 Å². The number of aromatic nitrogens is 6. The lowest BCUT2D eigenvalue weighted by Crippen LogP contribution is -2.50. The molecule has 1 fully saturated rings. The van der Waals surface area contributed by atoms with E-state index >= 15 is 0 Å². The molecule has 0 aromatic carbocycles. The van der Waals surface area contributed by atoms with Gasteiger partial charge in [-0.05, 0) is 12.1 Å². The number of ether oxygens (including phenoxy) is 1. The van der Waals surface area contributed by atoms with E-state index in [1.807, 2.05) is 18.3 Å². The Kier molecular flexibility index (Phi) is 3.29. The topological polar surface area (TPSA) is 90.1 Å². The Labute approximate surface area is 147 Å². The number of halogens is 1. The molecule has 1 saturated heterocycles. The highest BCUT2D eigenvalue weighted by Gasteiger charge is 2.38. The fourth-order valence-electron chi connectivity index (χ4n) is 2.89. The molecule has 4 aromatic rings. The summed E-state index contributed by atoms with van der Waals surface area (Å²) in [5, 5.41) is 7.31. The molecule has 0 bridgehead atoms.